The second-order valence-corrected chi connectivity index (χ2v) is 5.22. The van der Waals surface area contributed by atoms with Crippen LogP contribution in [-0.4, -0.2) is 4.98 Å². The molecular weight excluding hydrogens is 287 g/mol. The number of hydrogen-bond acceptors (Lipinski definition) is 1. The van der Waals surface area contributed by atoms with Crippen LogP contribution in [-0.2, 0) is 6.42 Å². The molecular formula is C18H10F3N. The molecule has 1 heterocycles. The monoisotopic (exact) mass is 297 g/mol. The molecule has 108 valence electrons. The van der Waals surface area contributed by atoms with Crippen molar-refractivity contribution in [2.24, 2.45) is 0 Å². The van der Waals surface area contributed by atoms with Crippen molar-refractivity contribution in [2.45, 2.75) is 6.42 Å². The molecule has 0 bridgehead atoms. The summed E-state index contributed by atoms with van der Waals surface area (Å²) in [4.78, 5) is 4.09. The predicted molar refractivity (Wildman–Crippen MR) is 77.8 cm³/mol. The molecule has 0 fully saturated rings. The number of benzene rings is 2. The fraction of sp³-hybridized carbons (Fsp3) is 0.0556. The van der Waals surface area contributed by atoms with Gasteiger partial charge in [0.25, 0.3) is 0 Å². The van der Waals surface area contributed by atoms with E-state index in [1.165, 1.54) is 6.20 Å². The highest BCUT2D eigenvalue weighted by atomic mass is 19.2. The maximum Gasteiger partial charge on any atom is 0.195 e. The van der Waals surface area contributed by atoms with Crippen molar-refractivity contribution in [3.05, 3.63) is 77.2 Å². The van der Waals surface area contributed by atoms with E-state index < -0.39 is 17.5 Å². The van der Waals surface area contributed by atoms with Crippen molar-refractivity contribution < 1.29 is 13.2 Å². The van der Waals surface area contributed by atoms with Gasteiger partial charge < -0.3 is 0 Å². The van der Waals surface area contributed by atoms with Crippen LogP contribution in [0.5, 0.6) is 0 Å². The Bertz CT molecular complexity index is 889. The molecule has 0 aliphatic heterocycles. The lowest BCUT2D eigenvalue weighted by Crippen LogP contribution is -2.02. The molecule has 0 unspecified atom stereocenters. The van der Waals surface area contributed by atoms with E-state index in [9.17, 15) is 13.2 Å². The molecule has 0 atom stereocenters. The molecule has 1 aliphatic rings. The normalized spacial score (nSPS) is 12.1. The maximum absolute atomic E-state index is 14.4. The second-order valence-electron chi connectivity index (χ2n) is 5.22. The summed E-state index contributed by atoms with van der Waals surface area (Å²) in [6.45, 7) is 0. The molecule has 0 spiro atoms. The molecule has 3 aromatic rings. The van der Waals surface area contributed by atoms with Gasteiger partial charge in [-0.05, 0) is 35.2 Å². The van der Waals surface area contributed by atoms with Gasteiger partial charge in [-0.3, -0.25) is 4.98 Å². The highest BCUT2D eigenvalue weighted by Gasteiger charge is 2.31. The molecule has 0 radical (unpaired) electrons. The van der Waals surface area contributed by atoms with Gasteiger partial charge in [0.1, 0.15) is 0 Å². The van der Waals surface area contributed by atoms with Crippen LogP contribution in [0, 0.1) is 17.5 Å². The van der Waals surface area contributed by atoms with Crippen LogP contribution in [0.1, 0.15) is 11.1 Å². The van der Waals surface area contributed by atoms with Crippen molar-refractivity contribution in [3.63, 3.8) is 0 Å². The lowest BCUT2D eigenvalue weighted by Gasteiger charge is -2.12. The third-order valence-electron chi connectivity index (χ3n) is 4.00. The zero-order chi connectivity index (χ0) is 15.3. The van der Waals surface area contributed by atoms with E-state index in [0.717, 1.165) is 5.56 Å². The van der Waals surface area contributed by atoms with Crippen LogP contribution in [0.25, 0.3) is 22.4 Å². The summed E-state index contributed by atoms with van der Waals surface area (Å²) < 4.78 is 42.7. The number of pyridine rings is 1. The van der Waals surface area contributed by atoms with E-state index in [2.05, 4.69) is 4.98 Å². The number of halogens is 3. The van der Waals surface area contributed by atoms with Crippen molar-refractivity contribution in [1.82, 2.24) is 4.98 Å². The number of nitrogens with zero attached hydrogens (tertiary/aromatic N) is 1. The second kappa shape index (κ2) is 4.70. The number of rotatable bonds is 1. The Labute approximate surface area is 125 Å². The summed E-state index contributed by atoms with van der Waals surface area (Å²) in [5.41, 5.74) is 2.43. The van der Waals surface area contributed by atoms with Crippen LogP contribution >= 0.6 is 0 Å². The van der Waals surface area contributed by atoms with Crippen molar-refractivity contribution in [3.8, 4) is 22.4 Å². The molecule has 0 amide bonds. The van der Waals surface area contributed by atoms with Crippen molar-refractivity contribution in [2.75, 3.05) is 0 Å². The highest BCUT2D eigenvalue weighted by Crippen LogP contribution is 2.44. The zero-order valence-corrected chi connectivity index (χ0v) is 11.4. The first-order valence-electron chi connectivity index (χ1n) is 6.87. The van der Waals surface area contributed by atoms with Gasteiger partial charge in [-0.25, -0.2) is 13.2 Å². The molecule has 22 heavy (non-hydrogen) atoms. The fourth-order valence-electron chi connectivity index (χ4n) is 3.05. The quantitative estimate of drug-likeness (QED) is 0.463. The van der Waals surface area contributed by atoms with E-state index in [1.54, 1.807) is 30.3 Å². The Kier molecular flexibility index (Phi) is 2.79. The molecule has 1 aliphatic carbocycles. The first kappa shape index (κ1) is 13.1. The Balaban J connectivity index is 2.10. The van der Waals surface area contributed by atoms with Crippen LogP contribution in [0.15, 0.2) is 48.7 Å². The van der Waals surface area contributed by atoms with Gasteiger partial charge in [0.15, 0.2) is 17.5 Å². The van der Waals surface area contributed by atoms with Crippen LogP contribution in [0.4, 0.5) is 13.2 Å². The van der Waals surface area contributed by atoms with E-state index in [-0.39, 0.29) is 11.1 Å². The lowest BCUT2D eigenvalue weighted by atomic mass is 9.97. The topological polar surface area (TPSA) is 12.9 Å². The van der Waals surface area contributed by atoms with Gasteiger partial charge in [-0.1, -0.05) is 30.3 Å². The average molecular weight is 297 g/mol. The van der Waals surface area contributed by atoms with Gasteiger partial charge in [0, 0.05) is 17.3 Å². The SMILES string of the molecule is Fc1c(F)c(-c2ccccn2)c2c(c1F)-c1ccccc1C2. The lowest BCUT2D eigenvalue weighted by molar-refractivity contribution is 0.450. The Morgan fingerprint density at radius 3 is 2.27 bits per heavy atom. The molecule has 4 heteroatoms. The van der Waals surface area contributed by atoms with Crippen LogP contribution < -0.4 is 0 Å². The minimum Gasteiger partial charge on any atom is -0.256 e. The maximum atomic E-state index is 14.4. The fourth-order valence-corrected chi connectivity index (χ4v) is 3.05. The number of hydrogen-bond donors (Lipinski definition) is 0. The van der Waals surface area contributed by atoms with E-state index in [1.807, 2.05) is 12.1 Å². The van der Waals surface area contributed by atoms with E-state index >= 15 is 0 Å². The number of fused-ring (bicyclic) bond motifs is 3. The van der Waals surface area contributed by atoms with Gasteiger partial charge in [-0.15, -0.1) is 0 Å². The number of aromatic nitrogens is 1. The summed E-state index contributed by atoms with van der Waals surface area (Å²) in [6, 6.07) is 12.1. The summed E-state index contributed by atoms with van der Waals surface area (Å²) in [5.74, 6) is -3.75. The van der Waals surface area contributed by atoms with Crippen LogP contribution in [0.3, 0.4) is 0 Å². The zero-order valence-electron chi connectivity index (χ0n) is 11.4. The summed E-state index contributed by atoms with van der Waals surface area (Å²) >= 11 is 0. The molecule has 2 aromatic carbocycles. The first-order valence-corrected chi connectivity index (χ1v) is 6.87. The smallest absolute Gasteiger partial charge is 0.195 e. The molecule has 0 saturated carbocycles. The molecule has 0 saturated heterocycles. The predicted octanol–water partition coefficient (Wildman–Crippen LogP) is 4.74. The molecule has 1 aromatic heterocycles. The Hall–Kier alpha value is -2.62. The molecule has 0 N–H and O–H groups in total. The van der Waals surface area contributed by atoms with Gasteiger partial charge in [-0.2, -0.15) is 0 Å². The highest BCUT2D eigenvalue weighted by molar-refractivity contribution is 5.84. The third-order valence-corrected chi connectivity index (χ3v) is 4.00. The van der Waals surface area contributed by atoms with Crippen molar-refractivity contribution in [1.29, 1.82) is 0 Å². The standard InChI is InChI=1S/C18H10F3N/c19-16-14-11-6-2-1-5-10(11)9-12(14)15(17(20)18(16)21)13-7-3-4-8-22-13/h1-8H,9H2. The average Bonchev–Trinajstić information content (AvgIpc) is 2.93. The van der Waals surface area contributed by atoms with Gasteiger partial charge >= 0.3 is 0 Å². The summed E-state index contributed by atoms with van der Waals surface area (Å²) in [6.07, 6.45) is 1.87. The summed E-state index contributed by atoms with van der Waals surface area (Å²) in [7, 11) is 0. The Morgan fingerprint density at radius 2 is 1.50 bits per heavy atom. The van der Waals surface area contributed by atoms with E-state index in [4.69, 9.17) is 0 Å². The molecule has 4 rings (SSSR count). The van der Waals surface area contributed by atoms with Crippen molar-refractivity contribution >= 4 is 0 Å². The van der Waals surface area contributed by atoms with Gasteiger partial charge in [0.05, 0.1) is 5.69 Å². The summed E-state index contributed by atoms with van der Waals surface area (Å²) in [5, 5.41) is 0. The van der Waals surface area contributed by atoms with E-state index in [0.29, 0.717) is 23.2 Å². The third kappa shape index (κ3) is 1.70. The largest absolute Gasteiger partial charge is 0.256 e. The van der Waals surface area contributed by atoms with Gasteiger partial charge in [0.2, 0.25) is 0 Å². The molecule has 1 nitrogen and oxygen atoms in total. The first-order chi connectivity index (χ1) is 10.7. The van der Waals surface area contributed by atoms with Crippen LogP contribution in [0.2, 0.25) is 0 Å². The minimum atomic E-state index is -1.45. The minimum absolute atomic E-state index is 0.0469. The Morgan fingerprint density at radius 1 is 0.773 bits per heavy atom.